The second-order valence-corrected chi connectivity index (χ2v) is 9.08. The first kappa shape index (κ1) is 25.9. The van der Waals surface area contributed by atoms with Crippen molar-refractivity contribution < 1.29 is 32.3 Å². The number of carbonyl (C=O) groups excluding carboxylic acids is 3. The molecule has 0 heterocycles. The van der Waals surface area contributed by atoms with Crippen molar-refractivity contribution in [2.75, 3.05) is 6.61 Å². The lowest BCUT2D eigenvalue weighted by Crippen LogP contribution is -2.21. The van der Waals surface area contributed by atoms with Crippen LogP contribution < -0.4 is 4.74 Å². The van der Waals surface area contributed by atoms with Crippen LogP contribution in [0.25, 0.3) is 0 Å². The van der Waals surface area contributed by atoms with Crippen LogP contribution in [-0.2, 0) is 27.2 Å². The Kier molecular flexibility index (Phi) is 8.18. The number of benzene rings is 2. The van der Waals surface area contributed by atoms with Gasteiger partial charge in [-0.05, 0) is 66.3 Å². The van der Waals surface area contributed by atoms with E-state index in [1.165, 1.54) is 12.1 Å². The lowest BCUT2D eigenvalue weighted by Gasteiger charge is -2.19. The number of ketones is 3. The third-order valence-electron chi connectivity index (χ3n) is 6.03. The predicted octanol–water partition coefficient (Wildman–Crippen LogP) is 5.99. The van der Waals surface area contributed by atoms with E-state index in [1.54, 1.807) is 32.0 Å². The van der Waals surface area contributed by atoms with Crippen LogP contribution in [0.1, 0.15) is 54.4 Å². The molecule has 2 aromatic carbocycles. The van der Waals surface area contributed by atoms with Gasteiger partial charge in [0.2, 0.25) is 0 Å². The maximum atomic E-state index is 13.2. The fourth-order valence-corrected chi connectivity index (χ4v) is 4.69. The second-order valence-electron chi connectivity index (χ2n) is 8.65. The molecule has 1 aliphatic carbocycles. The summed E-state index contributed by atoms with van der Waals surface area (Å²) in [4.78, 5) is 38.5. The molecule has 3 rings (SSSR count). The molecule has 0 aliphatic heterocycles. The molecule has 0 spiro atoms. The largest absolute Gasteiger partial charge is 0.484 e. The molecule has 2 unspecified atom stereocenters. The van der Waals surface area contributed by atoms with Crippen molar-refractivity contribution in [2.45, 2.75) is 58.0 Å². The van der Waals surface area contributed by atoms with Crippen molar-refractivity contribution >= 4 is 29.0 Å². The first-order valence-electron chi connectivity index (χ1n) is 11.1. The molecule has 0 saturated heterocycles. The van der Waals surface area contributed by atoms with Crippen LogP contribution in [-0.4, -0.2) is 30.1 Å². The van der Waals surface area contributed by atoms with Gasteiger partial charge in [0.15, 0.2) is 12.4 Å². The highest BCUT2D eigenvalue weighted by molar-refractivity contribution is 6.30. The van der Waals surface area contributed by atoms with Gasteiger partial charge in [0, 0.05) is 30.2 Å². The average molecular weight is 495 g/mol. The van der Waals surface area contributed by atoms with Gasteiger partial charge in [-0.1, -0.05) is 30.7 Å². The topological polar surface area (TPSA) is 60.4 Å². The van der Waals surface area contributed by atoms with Crippen molar-refractivity contribution in [1.29, 1.82) is 0 Å². The Labute approximate surface area is 201 Å². The van der Waals surface area contributed by atoms with E-state index >= 15 is 0 Å². The Morgan fingerprint density at radius 1 is 1.18 bits per heavy atom. The molecular weight excluding hydrogens is 469 g/mol. The minimum Gasteiger partial charge on any atom is -0.484 e. The zero-order chi connectivity index (χ0) is 25.0. The number of carbonyl (C=O) groups is 3. The molecule has 0 aromatic heterocycles. The Morgan fingerprint density at radius 3 is 2.56 bits per heavy atom. The minimum atomic E-state index is -4.47. The Morgan fingerprint density at radius 2 is 1.91 bits per heavy atom. The fraction of sp³-hybridized carbons (Fsp3) is 0.423. The molecule has 4 nitrogen and oxygen atoms in total. The van der Waals surface area contributed by atoms with Crippen molar-refractivity contribution in [3.8, 4) is 5.75 Å². The van der Waals surface area contributed by atoms with Crippen LogP contribution in [0.4, 0.5) is 13.2 Å². The van der Waals surface area contributed by atoms with Crippen LogP contribution in [0.3, 0.4) is 0 Å². The van der Waals surface area contributed by atoms with E-state index in [4.69, 9.17) is 16.3 Å². The molecule has 8 heteroatoms. The molecule has 0 radical (unpaired) electrons. The first-order valence-corrected chi connectivity index (χ1v) is 11.5. The predicted molar refractivity (Wildman–Crippen MR) is 122 cm³/mol. The maximum Gasteiger partial charge on any atom is 0.422 e. The summed E-state index contributed by atoms with van der Waals surface area (Å²) in [6.45, 7) is 2.03. The number of rotatable bonds is 9. The highest BCUT2D eigenvalue weighted by Crippen LogP contribution is 2.39. The van der Waals surface area contributed by atoms with Gasteiger partial charge in [-0.25, -0.2) is 0 Å². The maximum absolute atomic E-state index is 13.2. The Balaban J connectivity index is 1.71. The summed E-state index contributed by atoms with van der Waals surface area (Å²) in [5.74, 6) is -2.31. The molecule has 1 saturated carbocycles. The van der Waals surface area contributed by atoms with Gasteiger partial charge >= 0.3 is 6.18 Å². The van der Waals surface area contributed by atoms with Gasteiger partial charge in [0.25, 0.3) is 0 Å². The second kappa shape index (κ2) is 10.7. The standard InChI is InChI=1S/C26H26ClF3O4/c1-3-17-12-21(34-14-26(28,29)30)9-15(2)23(17)24-22(32)13-18(25(24)33)11-20(31)8-7-16-5-4-6-19(27)10-16/h4-6,9-10,12,18,24H,3,7-8,11,13-14H2,1-2H3. The van der Waals surface area contributed by atoms with Crippen molar-refractivity contribution in [3.63, 3.8) is 0 Å². The molecule has 182 valence electrons. The van der Waals surface area contributed by atoms with E-state index in [-0.39, 0.29) is 42.4 Å². The zero-order valence-corrected chi connectivity index (χ0v) is 19.8. The van der Waals surface area contributed by atoms with Gasteiger partial charge in [0.05, 0.1) is 0 Å². The summed E-state index contributed by atoms with van der Waals surface area (Å²) in [7, 11) is 0. The SMILES string of the molecule is CCc1cc(OCC(F)(F)F)cc(C)c1C1C(=O)CC(CC(=O)CCc2cccc(Cl)c2)C1=O. The van der Waals surface area contributed by atoms with Crippen LogP contribution in [0, 0.1) is 12.8 Å². The molecule has 0 N–H and O–H groups in total. The van der Waals surface area contributed by atoms with E-state index in [0.29, 0.717) is 34.6 Å². The highest BCUT2D eigenvalue weighted by Gasteiger charge is 2.44. The van der Waals surface area contributed by atoms with E-state index in [0.717, 1.165) is 5.56 Å². The van der Waals surface area contributed by atoms with Gasteiger partial charge in [-0.3, -0.25) is 14.4 Å². The Hall–Kier alpha value is -2.67. The number of ether oxygens (including phenoxy) is 1. The van der Waals surface area contributed by atoms with E-state index < -0.39 is 24.6 Å². The van der Waals surface area contributed by atoms with Crippen molar-refractivity contribution in [1.82, 2.24) is 0 Å². The molecule has 2 atom stereocenters. The first-order chi connectivity index (χ1) is 16.0. The molecule has 2 aromatic rings. The van der Waals surface area contributed by atoms with Crippen molar-refractivity contribution in [3.05, 3.63) is 63.7 Å². The van der Waals surface area contributed by atoms with Crippen LogP contribution >= 0.6 is 11.6 Å². The Bertz CT molecular complexity index is 1090. The zero-order valence-electron chi connectivity index (χ0n) is 19.0. The smallest absolute Gasteiger partial charge is 0.422 e. The van der Waals surface area contributed by atoms with Crippen LogP contribution in [0.2, 0.25) is 5.02 Å². The highest BCUT2D eigenvalue weighted by atomic mass is 35.5. The number of aryl methyl sites for hydroxylation is 3. The molecular formula is C26H26ClF3O4. The van der Waals surface area contributed by atoms with Gasteiger partial charge in [-0.15, -0.1) is 0 Å². The normalized spacial score (nSPS) is 18.4. The lowest BCUT2D eigenvalue weighted by atomic mass is 9.85. The minimum absolute atomic E-state index is 0.00504. The molecule has 1 fully saturated rings. The molecule has 0 bridgehead atoms. The monoisotopic (exact) mass is 494 g/mol. The molecule has 1 aliphatic rings. The van der Waals surface area contributed by atoms with E-state index in [9.17, 15) is 27.6 Å². The number of hydrogen-bond acceptors (Lipinski definition) is 4. The van der Waals surface area contributed by atoms with Crippen LogP contribution in [0.15, 0.2) is 36.4 Å². The summed E-state index contributed by atoms with van der Waals surface area (Å²) in [5, 5.41) is 0.585. The number of alkyl halides is 3. The van der Waals surface area contributed by atoms with Gasteiger partial charge in [0.1, 0.15) is 23.2 Å². The van der Waals surface area contributed by atoms with Gasteiger partial charge < -0.3 is 4.74 Å². The number of hydrogen-bond donors (Lipinski definition) is 0. The fourth-order valence-electron chi connectivity index (χ4n) is 4.47. The van der Waals surface area contributed by atoms with Crippen molar-refractivity contribution in [2.24, 2.45) is 5.92 Å². The third-order valence-corrected chi connectivity index (χ3v) is 6.27. The summed E-state index contributed by atoms with van der Waals surface area (Å²) in [6.07, 6.45) is -3.33. The molecule has 0 amide bonds. The number of Topliss-reactive ketones (excluding diaryl/α,β-unsaturated/α-hetero) is 3. The summed E-state index contributed by atoms with van der Waals surface area (Å²) >= 11 is 5.97. The van der Waals surface area contributed by atoms with E-state index in [2.05, 4.69) is 0 Å². The van der Waals surface area contributed by atoms with Crippen LogP contribution in [0.5, 0.6) is 5.75 Å². The van der Waals surface area contributed by atoms with E-state index in [1.807, 2.05) is 6.07 Å². The summed E-state index contributed by atoms with van der Waals surface area (Å²) in [6, 6.07) is 10.1. The summed E-state index contributed by atoms with van der Waals surface area (Å²) < 4.78 is 42.4. The average Bonchev–Trinajstić information content (AvgIpc) is 3.02. The van der Waals surface area contributed by atoms with Gasteiger partial charge in [-0.2, -0.15) is 13.2 Å². The number of halogens is 4. The molecule has 34 heavy (non-hydrogen) atoms. The quantitative estimate of drug-likeness (QED) is 0.402. The summed E-state index contributed by atoms with van der Waals surface area (Å²) in [5.41, 5.74) is 2.56. The third kappa shape index (κ3) is 6.47. The lowest BCUT2D eigenvalue weighted by molar-refractivity contribution is -0.153.